The molecule has 0 spiro atoms. The Bertz CT molecular complexity index is 995. The molecule has 0 atom stereocenters. The Kier molecular flexibility index (Phi) is 6.83. The van der Waals surface area contributed by atoms with E-state index in [1.54, 1.807) is 48.5 Å². The third kappa shape index (κ3) is 5.71. The van der Waals surface area contributed by atoms with Crippen LogP contribution in [0, 0.1) is 0 Å². The van der Waals surface area contributed by atoms with Crippen molar-refractivity contribution in [2.24, 2.45) is 0 Å². The van der Waals surface area contributed by atoms with Gasteiger partial charge in [-0.2, -0.15) is 0 Å². The van der Waals surface area contributed by atoms with Gasteiger partial charge >= 0.3 is 5.97 Å². The zero-order chi connectivity index (χ0) is 21.3. The van der Waals surface area contributed by atoms with Gasteiger partial charge in [-0.15, -0.1) is 0 Å². The lowest BCUT2D eigenvalue weighted by Gasteiger charge is -2.08. The molecule has 0 radical (unpaired) electrons. The Hall–Kier alpha value is -4.07. The number of rotatable bonds is 8. The molecule has 2 amide bonds. The molecule has 2 aromatic carbocycles. The number of hydrogen-bond acceptors (Lipinski definition) is 6. The number of furan rings is 1. The van der Waals surface area contributed by atoms with Gasteiger partial charge in [-0.3, -0.25) is 9.59 Å². The van der Waals surface area contributed by atoms with Crippen molar-refractivity contribution in [1.82, 2.24) is 0 Å². The molecule has 0 aliphatic rings. The standard InChI is InChI=1S/C22H20N2O6/c1-2-28-18-11-9-16(10-12-18)23-20(25)14-30-22(27)15-5-7-17(8-6-15)24-21(26)19-4-3-13-29-19/h3-13H,2,14H2,1H3,(H,23,25)(H,24,26). The third-order valence-corrected chi connectivity index (χ3v) is 3.91. The van der Waals surface area contributed by atoms with E-state index in [-0.39, 0.29) is 11.3 Å². The topological polar surface area (TPSA) is 107 Å². The van der Waals surface area contributed by atoms with E-state index in [0.29, 0.717) is 23.7 Å². The molecule has 1 heterocycles. The Morgan fingerprint density at radius 1 is 0.900 bits per heavy atom. The second-order valence-electron chi connectivity index (χ2n) is 6.09. The average molecular weight is 408 g/mol. The molecule has 0 bridgehead atoms. The van der Waals surface area contributed by atoms with Gasteiger partial charge in [0.15, 0.2) is 12.4 Å². The summed E-state index contributed by atoms with van der Waals surface area (Å²) in [6, 6.07) is 16.1. The van der Waals surface area contributed by atoms with E-state index in [0.717, 1.165) is 0 Å². The zero-order valence-electron chi connectivity index (χ0n) is 16.2. The Morgan fingerprint density at radius 2 is 1.57 bits per heavy atom. The largest absolute Gasteiger partial charge is 0.494 e. The van der Waals surface area contributed by atoms with E-state index >= 15 is 0 Å². The van der Waals surface area contributed by atoms with Crippen LogP contribution in [-0.2, 0) is 9.53 Å². The quantitative estimate of drug-likeness (QED) is 0.550. The number of ether oxygens (including phenoxy) is 2. The van der Waals surface area contributed by atoms with Gasteiger partial charge in [0.25, 0.3) is 11.8 Å². The van der Waals surface area contributed by atoms with Crippen LogP contribution in [0.25, 0.3) is 0 Å². The van der Waals surface area contributed by atoms with Gasteiger partial charge in [0, 0.05) is 11.4 Å². The summed E-state index contributed by atoms with van der Waals surface area (Å²) in [7, 11) is 0. The van der Waals surface area contributed by atoms with E-state index in [4.69, 9.17) is 13.9 Å². The van der Waals surface area contributed by atoms with Gasteiger partial charge in [-0.25, -0.2) is 4.79 Å². The zero-order valence-corrected chi connectivity index (χ0v) is 16.2. The lowest BCUT2D eigenvalue weighted by atomic mass is 10.2. The molecule has 30 heavy (non-hydrogen) atoms. The van der Waals surface area contributed by atoms with Gasteiger partial charge in [0.1, 0.15) is 5.75 Å². The average Bonchev–Trinajstić information content (AvgIpc) is 3.29. The van der Waals surface area contributed by atoms with Crippen molar-refractivity contribution in [2.45, 2.75) is 6.92 Å². The lowest BCUT2D eigenvalue weighted by Crippen LogP contribution is -2.21. The smallest absolute Gasteiger partial charge is 0.338 e. The SMILES string of the molecule is CCOc1ccc(NC(=O)COC(=O)c2ccc(NC(=O)c3ccco3)cc2)cc1. The highest BCUT2D eigenvalue weighted by atomic mass is 16.5. The molecule has 0 aliphatic heterocycles. The summed E-state index contributed by atoms with van der Waals surface area (Å²) < 4.78 is 15.4. The summed E-state index contributed by atoms with van der Waals surface area (Å²) >= 11 is 0. The molecule has 0 saturated heterocycles. The number of anilines is 2. The highest BCUT2D eigenvalue weighted by molar-refractivity contribution is 6.02. The summed E-state index contributed by atoms with van der Waals surface area (Å²) in [6.45, 7) is 2.01. The van der Waals surface area contributed by atoms with Gasteiger partial charge in [0.2, 0.25) is 0 Å². The molecule has 0 fully saturated rings. The van der Waals surface area contributed by atoms with E-state index in [2.05, 4.69) is 10.6 Å². The molecule has 2 N–H and O–H groups in total. The third-order valence-electron chi connectivity index (χ3n) is 3.91. The molecule has 8 heteroatoms. The maximum absolute atomic E-state index is 12.1. The highest BCUT2D eigenvalue weighted by Crippen LogP contribution is 2.16. The first-order valence-electron chi connectivity index (χ1n) is 9.20. The van der Waals surface area contributed by atoms with Gasteiger partial charge in [0.05, 0.1) is 18.4 Å². The van der Waals surface area contributed by atoms with Crippen LogP contribution in [0.3, 0.4) is 0 Å². The molecule has 1 aromatic heterocycles. The van der Waals surface area contributed by atoms with Crippen molar-refractivity contribution in [2.75, 3.05) is 23.8 Å². The van der Waals surface area contributed by atoms with Crippen molar-refractivity contribution in [1.29, 1.82) is 0 Å². The highest BCUT2D eigenvalue weighted by Gasteiger charge is 2.12. The summed E-state index contributed by atoms with van der Waals surface area (Å²) in [5.41, 5.74) is 1.30. The molecule has 8 nitrogen and oxygen atoms in total. The fourth-order valence-electron chi connectivity index (χ4n) is 2.50. The minimum Gasteiger partial charge on any atom is -0.494 e. The van der Waals surface area contributed by atoms with Crippen LogP contribution in [0.4, 0.5) is 11.4 Å². The van der Waals surface area contributed by atoms with Crippen LogP contribution in [0.15, 0.2) is 71.3 Å². The number of hydrogen-bond donors (Lipinski definition) is 2. The minimum atomic E-state index is -0.652. The summed E-state index contributed by atoms with van der Waals surface area (Å²) in [5, 5.41) is 5.28. The second kappa shape index (κ2) is 9.92. The maximum Gasteiger partial charge on any atom is 0.338 e. The van der Waals surface area contributed by atoms with Gasteiger partial charge < -0.3 is 24.5 Å². The molecule has 0 aliphatic carbocycles. The van der Waals surface area contributed by atoms with Crippen LogP contribution in [0.2, 0.25) is 0 Å². The van der Waals surface area contributed by atoms with Crippen LogP contribution >= 0.6 is 0 Å². The predicted molar refractivity (Wildman–Crippen MR) is 110 cm³/mol. The van der Waals surface area contributed by atoms with Crippen molar-refractivity contribution in [3.8, 4) is 5.75 Å². The van der Waals surface area contributed by atoms with Crippen molar-refractivity contribution >= 4 is 29.2 Å². The number of nitrogens with one attached hydrogen (secondary N) is 2. The van der Waals surface area contributed by atoms with Crippen molar-refractivity contribution in [3.05, 3.63) is 78.3 Å². The normalized spacial score (nSPS) is 10.2. The van der Waals surface area contributed by atoms with Crippen LogP contribution in [-0.4, -0.2) is 31.0 Å². The van der Waals surface area contributed by atoms with Crippen LogP contribution in [0.5, 0.6) is 5.75 Å². The molecular formula is C22H20N2O6. The number of esters is 1. The second-order valence-corrected chi connectivity index (χ2v) is 6.09. The number of carbonyl (C=O) groups excluding carboxylic acids is 3. The molecule has 3 rings (SSSR count). The van der Waals surface area contributed by atoms with E-state index < -0.39 is 24.4 Å². The van der Waals surface area contributed by atoms with E-state index in [1.807, 2.05) is 6.92 Å². The number of carbonyl (C=O) groups is 3. The molecule has 154 valence electrons. The summed E-state index contributed by atoms with van der Waals surface area (Å²) in [6.07, 6.45) is 1.40. The molecule has 0 saturated carbocycles. The minimum absolute atomic E-state index is 0.178. The fraction of sp³-hybridized carbons (Fsp3) is 0.136. The monoisotopic (exact) mass is 408 g/mol. The molecule has 0 unspecified atom stereocenters. The first-order valence-corrected chi connectivity index (χ1v) is 9.20. The maximum atomic E-state index is 12.1. The van der Waals surface area contributed by atoms with Crippen molar-refractivity contribution in [3.63, 3.8) is 0 Å². The first-order chi connectivity index (χ1) is 14.5. The fourth-order valence-corrected chi connectivity index (χ4v) is 2.50. The Balaban J connectivity index is 1.47. The Labute approximate surface area is 172 Å². The predicted octanol–water partition coefficient (Wildman–Crippen LogP) is 3.73. The lowest BCUT2D eigenvalue weighted by molar-refractivity contribution is -0.119. The Morgan fingerprint density at radius 3 is 2.20 bits per heavy atom. The first kappa shape index (κ1) is 20.7. The van der Waals surface area contributed by atoms with E-state index in [9.17, 15) is 14.4 Å². The van der Waals surface area contributed by atoms with Crippen molar-refractivity contribution < 1.29 is 28.3 Å². The van der Waals surface area contributed by atoms with Crippen LogP contribution < -0.4 is 15.4 Å². The van der Waals surface area contributed by atoms with E-state index in [1.165, 1.54) is 18.4 Å². The number of benzene rings is 2. The summed E-state index contributed by atoms with van der Waals surface area (Å²) in [5.74, 6) is -0.639. The van der Waals surface area contributed by atoms with Gasteiger partial charge in [-0.05, 0) is 67.6 Å². The van der Waals surface area contributed by atoms with Crippen LogP contribution in [0.1, 0.15) is 27.8 Å². The molecule has 3 aromatic rings. The van der Waals surface area contributed by atoms with Gasteiger partial charge in [-0.1, -0.05) is 0 Å². The number of amides is 2. The summed E-state index contributed by atoms with van der Waals surface area (Å²) in [4.78, 5) is 36.0. The molecular weight excluding hydrogens is 388 g/mol.